The summed E-state index contributed by atoms with van der Waals surface area (Å²) in [7, 11) is 1.67. The molecule has 78 valence electrons. The lowest BCUT2D eigenvalue weighted by Crippen LogP contribution is -2.27. The van der Waals surface area contributed by atoms with Crippen LogP contribution in [0.2, 0.25) is 0 Å². The zero-order valence-electron chi connectivity index (χ0n) is 8.50. The van der Waals surface area contributed by atoms with Crippen LogP contribution in [0.5, 0.6) is 0 Å². The van der Waals surface area contributed by atoms with E-state index in [1.807, 2.05) is 0 Å². The van der Waals surface area contributed by atoms with E-state index in [4.69, 9.17) is 9.84 Å². The molecule has 0 atom stereocenters. The number of methoxy groups -OCH3 is 1. The molecule has 0 aromatic rings. The number of hydrogen-bond acceptors (Lipinski definition) is 3. The van der Waals surface area contributed by atoms with Gasteiger partial charge in [0.2, 0.25) is 0 Å². The predicted molar refractivity (Wildman–Crippen MR) is 55.3 cm³/mol. The molecule has 0 rings (SSSR count). The van der Waals surface area contributed by atoms with E-state index in [1.54, 1.807) is 21.0 Å². The first kappa shape index (κ1) is 12.8. The van der Waals surface area contributed by atoms with Gasteiger partial charge >= 0.3 is 5.97 Å². The van der Waals surface area contributed by atoms with Gasteiger partial charge in [-0.3, -0.25) is 4.79 Å². The van der Waals surface area contributed by atoms with Crippen LogP contribution in [-0.2, 0) is 9.53 Å². The fourth-order valence-corrected chi connectivity index (χ4v) is 1.72. The molecule has 0 bridgehead atoms. The minimum atomic E-state index is -0.746. The molecule has 13 heavy (non-hydrogen) atoms. The fraction of sp³-hybridized carbons (Fsp3) is 0.889. The van der Waals surface area contributed by atoms with Crippen LogP contribution in [-0.4, -0.2) is 35.3 Å². The minimum absolute atomic E-state index is 0.660. The van der Waals surface area contributed by atoms with Crippen molar-refractivity contribution in [3.05, 3.63) is 0 Å². The van der Waals surface area contributed by atoms with Gasteiger partial charge in [0.1, 0.15) is 4.75 Å². The molecule has 0 fully saturated rings. The van der Waals surface area contributed by atoms with E-state index < -0.39 is 10.7 Å². The van der Waals surface area contributed by atoms with Crippen LogP contribution in [0.4, 0.5) is 0 Å². The Morgan fingerprint density at radius 1 is 1.46 bits per heavy atom. The van der Waals surface area contributed by atoms with Crippen molar-refractivity contribution < 1.29 is 14.6 Å². The summed E-state index contributed by atoms with van der Waals surface area (Å²) in [5, 5.41) is 8.80. The smallest absolute Gasteiger partial charge is 0.319 e. The minimum Gasteiger partial charge on any atom is -0.480 e. The lowest BCUT2D eigenvalue weighted by atomic mass is 10.2. The molecule has 0 spiro atoms. The van der Waals surface area contributed by atoms with Gasteiger partial charge in [0.15, 0.2) is 0 Å². The number of ether oxygens (including phenoxy) is 1. The standard InChI is InChI=1S/C9H18O3S/c1-9(2,8(10)11)13-7-5-4-6-12-3/h4-7H2,1-3H3,(H,10,11). The topological polar surface area (TPSA) is 46.5 Å². The largest absolute Gasteiger partial charge is 0.480 e. The van der Waals surface area contributed by atoms with Crippen molar-refractivity contribution in [2.75, 3.05) is 19.5 Å². The molecule has 4 heteroatoms. The highest BCUT2D eigenvalue weighted by molar-refractivity contribution is 8.01. The maximum absolute atomic E-state index is 10.7. The Balaban J connectivity index is 3.46. The SMILES string of the molecule is COCCCCSC(C)(C)C(=O)O. The van der Waals surface area contributed by atoms with Gasteiger partial charge < -0.3 is 9.84 Å². The van der Waals surface area contributed by atoms with Crippen molar-refractivity contribution in [1.82, 2.24) is 0 Å². The van der Waals surface area contributed by atoms with Crippen molar-refractivity contribution in [1.29, 1.82) is 0 Å². The second-order valence-corrected chi connectivity index (χ2v) is 5.08. The molecule has 0 saturated carbocycles. The number of carbonyl (C=O) groups is 1. The second-order valence-electron chi connectivity index (χ2n) is 3.36. The normalized spacial score (nSPS) is 11.6. The molecule has 0 saturated heterocycles. The van der Waals surface area contributed by atoms with Gasteiger partial charge in [0, 0.05) is 13.7 Å². The van der Waals surface area contributed by atoms with Crippen molar-refractivity contribution >= 4 is 17.7 Å². The van der Waals surface area contributed by atoms with E-state index >= 15 is 0 Å². The molecule has 0 radical (unpaired) electrons. The lowest BCUT2D eigenvalue weighted by molar-refractivity contribution is -0.138. The lowest BCUT2D eigenvalue weighted by Gasteiger charge is -2.17. The molecule has 0 aromatic heterocycles. The molecule has 0 aliphatic carbocycles. The van der Waals surface area contributed by atoms with E-state index in [2.05, 4.69) is 0 Å². The van der Waals surface area contributed by atoms with Crippen molar-refractivity contribution in [2.24, 2.45) is 0 Å². The molecule has 0 heterocycles. The highest BCUT2D eigenvalue weighted by Crippen LogP contribution is 2.25. The second kappa shape index (κ2) is 6.27. The molecule has 0 unspecified atom stereocenters. The maximum Gasteiger partial charge on any atom is 0.319 e. The third-order valence-electron chi connectivity index (χ3n) is 1.72. The first-order valence-electron chi connectivity index (χ1n) is 4.37. The number of hydrogen-bond donors (Lipinski definition) is 1. The number of thioether (sulfide) groups is 1. The molecule has 3 nitrogen and oxygen atoms in total. The molecular weight excluding hydrogens is 188 g/mol. The summed E-state index contributed by atoms with van der Waals surface area (Å²) in [6.07, 6.45) is 2.01. The van der Waals surface area contributed by atoms with Gasteiger partial charge in [-0.05, 0) is 32.4 Å². The molecule has 0 aromatic carbocycles. The fourth-order valence-electron chi connectivity index (χ4n) is 0.738. The number of unbranched alkanes of at least 4 members (excludes halogenated alkanes) is 1. The monoisotopic (exact) mass is 206 g/mol. The van der Waals surface area contributed by atoms with Gasteiger partial charge in [-0.25, -0.2) is 0 Å². The highest BCUT2D eigenvalue weighted by atomic mass is 32.2. The molecule has 0 amide bonds. The van der Waals surface area contributed by atoms with Crippen LogP contribution in [0.25, 0.3) is 0 Å². The van der Waals surface area contributed by atoms with E-state index in [-0.39, 0.29) is 0 Å². The van der Waals surface area contributed by atoms with Crippen LogP contribution in [0, 0.1) is 0 Å². The molecule has 0 aliphatic rings. The van der Waals surface area contributed by atoms with Crippen LogP contribution in [0.3, 0.4) is 0 Å². The third-order valence-corrected chi connectivity index (χ3v) is 3.11. The van der Waals surface area contributed by atoms with Crippen molar-refractivity contribution in [3.63, 3.8) is 0 Å². The quantitative estimate of drug-likeness (QED) is 0.647. The van der Waals surface area contributed by atoms with Gasteiger partial charge in [-0.1, -0.05) is 0 Å². The molecular formula is C9H18O3S. The van der Waals surface area contributed by atoms with Gasteiger partial charge in [0.05, 0.1) is 0 Å². The summed E-state index contributed by atoms with van der Waals surface area (Å²) >= 11 is 1.48. The van der Waals surface area contributed by atoms with Crippen LogP contribution >= 0.6 is 11.8 Å². The number of aliphatic carboxylic acids is 1. The Morgan fingerprint density at radius 2 is 2.08 bits per heavy atom. The summed E-state index contributed by atoms with van der Waals surface area (Å²) in [6, 6.07) is 0. The Labute approximate surface area is 83.9 Å². The van der Waals surface area contributed by atoms with E-state index in [0.29, 0.717) is 0 Å². The summed E-state index contributed by atoms with van der Waals surface area (Å²) < 4.78 is 4.24. The number of carboxylic acid groups (broad SMARTS) is 1. The average Bonchev–Trinajstić information content (AvgIpc) is 2.03. The van der Waals surface area contributed by atoms with Gasteiger partial charge in [0.25, 0.3) is 0 Å². The van der Waals surface area contributed by atoms with Crippen LogP contribution in [0.1, 0.15) is 26.7 Å². The maximum atomic E-state index is 10.7. The van der Waals surface area contributed by atoms with E-state index in [1.165, 1.54) is 11.8 Å². The summed E-state index contributed by atoms with van der Waals surface area (Å²) in [5.74, 6) is 0.132. The summed E-state index contributed by atoms with van der Waals surface area (Å²) in [6.45, 7) is 4.22. The Morgan fingerprint density at radius 3 is 2.54 bits per heavy atom. The van der Waals surface area contributed by atoms with Crippen molar-refractivity contribution in [2.45, 2.75) is 31.4 Å². The highest BCUT2D eigenvalue weighted by Gasteiger charge is 2.26. The van der Waals surface area contributed by atoms with Crippen LogP contribution in [0.15, 0.2) is 0 Å². The van der Waals surface area contributed by atoms with E-state index in [9.17, 15) is 4.79 Å². The average molecular weight is 206 g/mol. The molecule has 1 N–H and O–H groups in total. The summed E-state index contributed by atoms with van der Waals surface area (Å²) in [4.78, 5) is 10.7. The zero-order chi connectivity index (χ0) is 10.3. The van der Waals surface area contributed by atoms with Gasteiger partial charge in [-0.15, -0.1) is 11.8 Å². The third kappa shape index (κ3) is 5.93. The van der Waals surface area contributed by atoms with E-state index in [0.717, 1.165) is 25.2 Å². The number of rotatable bonds is 7. The first-order chi connectivity index (χ1) is 6.00. The van der Waals surface area contributed by atoms with Gasteiger partial charge in [-0.2, -0.15) is 0 Å². The Bertz CT molecular complexity index is 157. The summed E-state index contributed by atoms with van der Waals surface area (Å²) in [5.41, 5.74) is 0. The van der Waals surface area contributed by atoms with Crippen LogP contribution < -0.4 is 0 Å². The number of carboxylic acids is 1. The Hall–Kier alpha value is -0.220. The molecule has 0 aliphatic heterocycles. The first-order valence-corrected chi connectivity index (χ1v) is 5.35. The predicted octanol–water partition coefficient (Wildman–Crippen LogP) is 2.01. The zero-order valence-corrected chi connectivity index (χ0v) is 9.32. The Kier molecular flexibility index (Phi) is 6.16. The van der Waals surface area contributed by atoms with Crippen molar-refractivity contribution in [3.8, 4) is 0 Å².